The highest BCUT2D eigenvalue weighted by atomic mass is 32.1. The van der Waals surface area contributed by atoms with Gasteiger partial charge in [-0.15, -0.1) is 11.3 Å². The number of ether oxygens (including phenoxy) is 1. The van der Waals surface area contributed by atoms with Crippen molar-refractivity contribution >= 4 is 16.3 Å². The van der Waals surface area contributed by atoms with Crippen molar-refractivity contribution in [3.63, 3.8) is 0 Å². The molecule has 25 heavy (non-hydrogen) atoms. The number of benzene rings is 2. The Hall–Kier alpha value is -3.10. The van der Waals surface area contributed by atoms with Crippen LogP contribution in [0.1, 0.15) is 5.69 Å². The molecule has 0 unspecified atom stereocenters. The largest absolute Gasteiger partial charge is 0.496 e. The van der Waals surface area contributed by atoms with Gasteiger partial charge in [0.1, 0.15) is 5.75 Å². The monoisotopic (exact) mass is 345 g/mol. The van der Waals surface area contributed by atoms with Crippen molar-refractivity contribution in [1.29, 1.82) is 5.26 Å². The van der Waals surface area contributed by atoms with Crippen LogP contribution in [0.3, 0.4) is 0 Å². The van der Waals surface area contributed by atoms with Crippen LogP contribution in [-0.2, 0) is 6.42 Å². The molecule has 0 fully saturated rings. The second kappa shape index (κ2) is 6.42. The van der Waals surface area contributed by atoms with Crippen molar-refractivity contribution in [1.82, 2.24) is 9.38 Å². The molecule has 5 heteroatoms. The Morgan fingerprint density at radius 1 is 1.12 bits per heavy atom. The van der Waals surface area contributed by atoms with Gasteiger partial charge in [-0.2, -0.15) is 5.26 Å². The molecule has 4 rings (SSSR count). The number of imidazole rings is 1. The maximum atomic E-state index is 9.36. The minimum absolute atomic E-state index is 0.296. The van der Waals surface area contributed by atoms with Gasteiger partial charge in [0.15, 0.2) is 4.96 Å². The molecule has 4 aromatic rings. The van der Waals surface area contributed by atoms with Gasteiger partial charge in [0.25, 0.3) is 0 Å². The first kappa shape index (κ1) is 15.4. The van der Waals surface area contributed by atoms with Gasteiger partial charge in [0.2, 0.25) is 0 Å². The topological polar surface area (TPSA) is 50.3 Å². The van der Waals surface area contributed by atoms with Crippen molar-refractivity contribution < 1.29 is 4.74 Å². The summed E-state index contributed by atoms with van der Waals surface area (Å²) < 4.78 is 7.59. The van der Waals surface area contributed by atoms with E-state index in [1.165, 1.54) is 0 Å². The van der Waals surface area contributed by atoms with Crippen LogP contribution in [-0.4, -0.2) is 16.5 Å². The molecule has 0 bridgehead atoms. The van der Waals surface area contributed by atoms with Crippen LogP contribution in [0, 0.1) is 11.3 Å². The number of thiazole rings is 1. The van der Waals surface area contributed by atoms with Crippen LogP contribution in [0.2, 0.25) is 0 Å². The Bertz CT molecular complexity index is 1070. The van der Waals surface area contributed by atoms with Crippen LogP contribution in [0.5, 0.6) is 5.75 Å². The van der Waals surface area contributed by atoms with Crippen LogP contribution in [0.15, 0.2) is 60.0 Å². The quantitative estimate of drug-likeness (QED) is 0.533. The maximum Gasteiger partial charge on any atom is 0.195 e. The molecule has 0 aliphatic rings. The van der Waals surface area contributed by atoms with Gasteiger partial charge in [-0.25, -0.2) is 4.98 Å². The Morgan fingerprint density at radius 2 is 1.88 bits per heavy atom. The van der Waals surface area contributed by atoms with Gasteiger partial charge in [-0.3, -0.25) is 4.40 Å². The number of aromatic nitrogens is 2. The standard InChI is InChI=1S/C20H15N3OS/c1-24-18-10-6-5-9-15(18)17-13-25-20-22-19(14-7-3-2-4-8-14)16(11-12-21)23(17)20/h2-10,13H,11H2,1H3. The van der Waals surface area contributed by atoms with E-state index in [4.69, 9.17) is 9.72 Å². The lowest BCUT2D eigenvalue weighted by Gasteiger charge is -2.09. The van der Waals surface area contributed by atoms with Crippen LogP contribution in [0.4, 0.5) is 0 Å². The Labute approximate surface area is 149 Å². The summed E-state index contributed by atoms with van der Waals surface area (Å²) in [4.78, 5) is 5.67. The molecular weight excluding hydrogens is 330 g/mol. The average Bonchev–Trinajstić information content (AvgIpc) is 3.23. The minimum atomic E-state index is 0.296. The summed E-state index contributed by atoms with van der Waals surface area (Å²) in [5, 5.41) is 11.4. The highest BCUT2D eigenvalue weighted by Gasteiger charge is 2.19. The lowest BCUT2D eigenvalue weighted by molar-refractivity contribution is 0.416. The molecule has 2 aromatic heterocycles. The van der Waals surface area contributed by atoms with E-state index in [0.29, 0.717) is 6.42 Å². The smallest absolute Gasteiger partial charge is 0.195 e. The van der Waals surface area contributed by atoms with E-state index in [1.807, 2.05) is 54.6 Å². The van der Waals surface area contributed by atoms with E-state index in [1.54, 1.807) is 18.4 Å². The third-order valence-corrected chi connectivity index (χ3v) is 4.96. The Morgan fingerprint density at radius 3 is 2.64 bits per heavy atom. The Balaban J connectivity index is 2.00. The van der Waals surface area contributed by atoms with E-state index < -0.39 is 0 Å². The van der Waals surface area contributed by atoms with Crippen molar-refractivity contribution in [2.75, 3.05) is 7.11 Å². The molecule has 4 nitrogen and oxygen atoms in total. The highest BCUT2D eigenvalue weighted by Crippen LogP contribution is 2.36. The first-order valence-electron chi connectivity index (χ1n) is 7.88. The SMILES string of the molecule is COc1ccccc1-c1csc2nc(-c3ccccc3)c(CC#N)n12. The van der Waals surface area contributed by atoms with Crippen LogP contribution >= 0.6 is 11.3 Å². The summed E-state index contributed by atoms with van der Waals surface area (Å²) in [5.74, 6) is 0.806. The van der Waals surface area contributed by atoms with Gasteiger partial charge in [-0.1, -0.05) is 42.5 Å². The molecule has 2 heterocycles. The number of rotatable bonds is 4. The summed E-state index contributed by atoms with van der Waals surface area (Å²) in [6.45, 7) is 0. The molecule has 0 saturated carbocycles. The fourth-order valence-electron chi connectivity index (χ4n) is 3.03. The fourth-order valence-corrected chi connectivity index (χ4v) is 3.93. The number of hydrogen-bond acceptors (Lipinski definition) is 4. The zero-order valence-electron chi connectivity index (χ0n) is 13.6. The number of hydrogen-bond donors (Lipinski definition) is 0. The van der Waals surface area contributed by atoms with E-state index in [-0.39, 0.29) is 0 Å². The molecule has 0 saturated heterocycles. The van der Waals surface area contributed by atoms with Crippen molar-refractivity contribution in [2.45, 2.75) is 6.42 Å². The first-order valence-corrected chi connectivity index (χ1v) is 8.76. The van der Waals surface area contributed by atoms with Gasteiger partial charge in [-0.05, 0) is 12.1 Å². The number of fused-ring (bicyclic) bond motifs is 1. The molecular formula is C20H15N3OS. The molecule has 0 radical (unpaired) electrons. The normalized spacial score (nSPS) is 10.7. The summed E-state index contributed by atoms with van der Waals surface area (Å²) in [6.07, 6.45) is 0.296. The van der Waals surface area contributed by atoms with E-state index in [9.17, 15) is 5.26 Å². The Kier molecular flexibility index (Phi) is 3.96. The third-order valence-electron chi connectivity index (χ3n) is 4.14. The molecule has 0 spiro atoms. The third kappa shape index (κ3) is 2.57. The lowest BCUT2D eigenvalue weighted by Crippen LogP contribution is -1.96. The predicted molar refractivity (Wildman–Crippen MR) is 99.8 cm³/mol. The maximum absolute atomic E-state index is 9.36. The van der Waals surface area contributed by atoms with Gasteiger partial charge in [0, 0.05) is 16.5 Å². The molecule has 122 valence electrons. The highest BCUT2D eigenvalue weighted by molar-refractivity contribution is 7.15. The zero-order chi connectivity index (χ0) is 17.2. The van der Waals surface area contributed by atoms with Crippen molar-refractivity contribution in [3.8, 4) is 34.3 Å². The summed E-state index contributed by atoms with van der Waals surface area (Å²) in [5.41, 5.74) is 4.79. The summed E-state index contributed by atoms with van der Waals surface area (Å²) >= 11 is 1.57. The van der Waals surface area contributed by atoms with Crippen molar-refractivity contribution in [2.24, 2.45) is 0 Å². The molecule has 0 atom stereocenters. The molecule has 0 aliphatic carbocycles. The van der Waals surface area contributed by atoms with Crippen LogP contribution < -0.4 is 4.74 Å². The van der Waals surface area contributed by atoms with E-state index in [0.717, 1.165) is 38.9 Å². The summed E-state index contributed by atoms with van der Waals surface area (Å²) in [7, 11) is 1.67. The molecule has 0 N–H and O–H groups in total. The van der Waals surface area contributed by atoms with Gasteiger partial charge >= 0.3 is 0 Å². The lowest BCUT2D eigenvalue weighted by atomic mass is 10.1. The number of nitriles is 1. The second-order valence-corrected chi connectivity index (χ2v) is 6.38. The van der Waals surface area contributed by atoms with Gasteiger partial charge < -0.3 is 4.74 Å². The predicted octanol–water partition coefficient (Wildman–Crippen LogP) is 4.80. The zero-order valence-corrected chi connectivity index (χ0v) is 14.5. The summed E-state index contributed by atoms with van der Waals surface area (Å²) in [6, 6.07) is 20.2. The molecule has 0 aliphatic heterocycles. The number of para-hydroxylation sites is 1. The van der Waals surface area contributed by atoms with Crippen LogP contribution in [0.25, 0.3) is 27.5 Å². The fraction of sp³-hybridized carbons (Fsp3) is 0.100. The van der Waals surface area contributed by atoms with Gasteiger partial charge in [0.05, 0.1) is 36.7 Å². The number of nitrogens with zero attached hydrogens (tertiary/aromatic N) is 3. The minimum Gasteiger partial charge on any atom is -0.496 e. The van der Waals surface area contributed by atoms with E-state index >= 15 is 0 Å². The number of methoxy groups -OCH3 is 1. The first-order chi connectivity index (χ1) is 12.3. The molecule has 2 aromatic carbocycles. The second-order valence-electron chi connectivity index (χ2n) is 5.55. The average molecular weight is 345 g/mol. The molecule has 0 amide bonds. The van der Waals surface area contributed by atoms with E-state index in [2.05, 4.69) is 15.8 Å². The van der Waals surface area contributed by atoms with Crippen molar-refractivity contribution in [3.05, 3.63) is 65.7 Å².